The second kappa shape index (κ2) is 5.05. The van der Waals surface area contributed by atoms with Gasteiger partial charge in [0.2, 0.25) is 0 Å². The summed E-state index contributed by atoms with van der Waals surface area (Å²) in [5.74, 6) is -0.286. The highest BCUT2D eigenvalue weighted by Crippen LogP contribution is 2.37. The fourth-order valence-electron chi connectivity index (χ4n) is 2.95. The van der Waals surface area contributed by atoms with Gasteiger partial charge in [-0.1, -0.05) is 0 Å². The Balaban J connectivity index is 1.84. The highest BCUT2D eigenvalue weighted by molar-refractivity contribution is 5.82. The van der Waals surface area contributed by atoms with Crippen LogP contribution >= 0.6 is 0 Å². The molecule has 0 N–H and O–H groups in total. The highest BCUT2D eigenvalue weighted by Gasteiger charge is 2.30. The lowest BCUT2D eigenvalue weighted by molar-refractivity contribution is 0.322. The Morgan fingerprint density at radius 1 is 1.18 bits per heavy atom. The summed E-state index contributed by atoms with van der Waals surface area (Å²) >= 11 is 0. The number of hydrogen-bond acceptors (Lipinski definition) is 3. The number of aromatic nitrogens is 2. The summed E-state index contributed by atoms with van der Waals surface area (Å²) < 4.78 is 28.6. The number of hydrogen-bond donors (Lipinski definition) is 0. The first-order valence-corrected chi connectivity index (χ1v) is 7.17. The Morgan fingerprint density at radius 3 is 2.73 bits per heavy atom. The lowest BCUT2D eigenvalue weighted by Crippen LogP contribution is -2.22. The maximum atomic E-state index is 13.7. The molecule has 0 saturated carbocycles. The number of nitrogens with zero attached hydrogens (tertiary/aromatic N) is 4. The van der Waals surface area contributed by atoms with Crippen LogP contribution in [0, 0.1) is 5.82 Å². The Hall–Kier alpha value is -2.50. The molecule has 4 rings (SSSR count). The molecule has 112 valence electrons. The molecule has 1 aromatic carbocycles. The number of benzene rings is 1. The quantitative estimate of drug-likeness (QED) is 0.854. The smallest absolute Gasteiger partial charge is 0.125 e. The summed E-state index contributed by atoms with van der Waals surface area (Å²) in [7, 11) is 0. The van der Waals surface area contributed by atoms with Gasteiger partial charge in [0, 0.05) is 30.6 Å². The number of fused-ring (bicyclic) bond motifs is 1. The molecule has 6 heteroatoms. The summed E-state index contributed by atoms with van der Waals surface area (Å²) in [5, 5.41) is 4.55. The third-order valence-electron chi connectivity index (χ3n) is 3.94. The van der Waals surface area contributed by atoms with Gasteiger partial charge in [-0.15, -0.1) is 0 Å². The van der Waals surface area contributed by atoms with Crippen LogP contribution in [0.15, 0.2) is 41.7 Å². The van der Waals surface area contributed by atoms with Crippen LogP contribution in [-0.4, -0.2) is 28.7 Å². The molecule has 0 radical (unpaired) electrons. The molecule has 0 fully saturated rings. The molecule has 4 nitrogen and oxygen atoms in total. The summed E-state index contributed by atoms with van der Waals surface area (Å²) in [6.07, 6.45) is 4.80. The standard InChI is InChI=1S/C16H14F2N4/c17-12-3-1-11(2-4-12)15-16(21-7-5-19-6-8-21)14-9-13(18)10-22(14)20-15/h1-7,13H,8-10H2/t13-/m0/s1. The number of rotatable bonds is 2. The predicted molar refractivity (Wildman–Crippen MR) is 81.2 cm³/mol. The van der Waals surface area contributed by atoms with Crippen molar-refractivity contribution in [1.82, 2.24) is 9.78 Å². The fourth-order valence-corrected chi connectivity index (χ4v) is 2.95. The van der Waals surface area contributed by atoms with E-state index in [2.05, 4.69) is 10.1 Å². The molecule has 0 saturated heterocycles. The van der Waals surface area contributed by atoms with Gasteiger partial charge in [0.05, 0.1) is 24.5 Å². The molecular formula is C16H14F2N4. The van der Waals surface area contributed by atoms with Crippen LogP contribution in [-0.2, 0) is 13.0 Å². The molecule has 1 atom stereocenters. The van der Waals surface area contributed by atoms with Gasteiger partial charge in [0.25, 0.3) is 0 Å². The molecule has 2 aromatic rings. The molecule has 3 heterocycles. The number of aliphatic imine (C=N–C) groups is 1. The molecular weight excluding hydrogens is 286 g/mol. The topological polar surface area (TPSA) is 33.4 Å². The number of anilines is 1. The molecule has 2 aliphatic heterocycles. The zero-order valence-electron chi connectivity index (χ0n) is 11.8. The van der Waals surface area contributed by atoms with E-state index in [1.807, 2.05) is 11.1 Å². The maximum Gasteiger partial charge on any atom is 0.125 e. The molecule has 0 unspecified atom stereocenters. The van der Waals surface area contributed by atoms with E-state index in [1.165, 1.54) is 12.1 Å². The van der Waals surface area contributed by atoms with E-state index in [1.54, 1.807) is 29.2 Å². The van der Waals surface area contributed by atoms with Crippen LogP contribution < -0.4 is 4.90 Å². The second-order valence-electron chi connectivity index (χ2n) is 5.42. The van der Waals surface area contributed by atoms with E-state index >= 15 is 0 Å². The van der Waals surface area contributed by atoms with Crippen molar-refractivity contribution in [3.63, 3.8) is 0 Å². The molecule has 2 aliphatic rings. The average Bonchev–Trinajstić information content (AvgIpc) is 3.04. The van der Waals surface area contributed by atoms with Crippen molar-refractivity contribution in [3.05, 3.63) is 48.2 Å². The van der Waals surface area contributed by atoms with E-state index in [0.29, 0.717) is 13.0 Å². The van der Waals surface area contributed by atoms with E-state index in [-0.39, 0.29) is 12.4 Å². The Bertz CT molecular complexity index is 761. The summed E-state index contributed by atoms with van der Waals surface area (Å²) in [4.78, 5) is 6.06. The molecule has 22 heavy (non-hydrogen) atoms. The van der Waals surface area contributed by atoms with Gasteiger partial charge in [0.15, 0.2) is 0 Å². The summed E-state index contributed by atoms with van der Waals surface area (Å²) in [6.45, 7) is 0.884. The van der Waals surface area contributed by atoms with Gasteiger partial charge in [-0.3, -0.25) is 9.67 Å². The minimum Gasteiger partial charge on any atom is -0.338 e. The molecule has 0 spiro atoms. The van der Waals surface area contributed by atoms with Gasteiger partial charge in [-0.05, 0) is 24.3 Å². The predicted octanol–water partition coefficient (Wildman–Crippen LogP) is 2.95. The third kappa shape index (κ3) is 2.11. The minimum atomic E-state index is -0.897. The maximum absolute atomic E-state index is 13.7. The minimum absolute atomic E-state index is 0.273. The van der Waals surface area contributed by atoms with Gasteiger partial charge >= 0.3 is 0 Å². The van der Waals surface area contributed by atoms with Crippen LogP contribution in [0.3, 0.4) is 0 Å². The van der Waals surface area contributed by atoms with E-state index in [9.17, 15) is 8.78 Å². The van der Waals surface area contributed by atoms with Crippen LogP contribution in [0.1, 0.15) is 5.69 Å². The van der Waals surface area contributed by atoms with Crippen molar-refractivity contribution in [2.45, 2.75) is 19.1 Å². The summed E-state index contributed by atoms with van der Waals surface area (Å²) in [6, 6.07) is 6.22. The first-order chi connectivity index (χ1) is 10.7. The zero-order valence-corrected chi connectivity index (χ0v) is 11.8. The third-order valence-corrected chi connectivity index (χ3v) is 3.94. The Labute approximate surface area is 126 Å². The Kier molecular flexibility index (Phi) is 3.03. The lowest BCUT2D eigenvalue weighted by atomic mass is 10.1. The van der Waals surface area contributed by atoms with Crippen LogP contribution in [0.2, 0.25) is 0 Å². The number of alkyl halides is 1. The van der Waals surface area contributed by atoms with Crippen LogP contribution in [0.4, 0.5) is 14.5 Å². The van der Waals surface area contributed by atoms with Crippen molar-refractivity contribution in [2.24, 2.45) is 4.99 Å². The first kappa shape index (κ1) is 13.2. The van der Waals surface area contributed by atoms with Gasteiger partial charge < -0.3 is 4.90 Å². The fraction of sp³-hybridized carbons (Fsp3) is 0.250. The summed E-state index contributed by atoms with van der Waals surface area (Å²) in [5.41, 5.74) is 3.34. The van der Waals surface area contributed by atoms with Gasteiger partial charge in [-0.2, -0.15) is 5.10 Å². The van der Waals surface area contributed by atoms with Crippen molar-refractivity contribution in [3.8, 4) is 11.3 Å². The van der Waals surface area contributed by atoms with E-state index < -0.39 is 6.17 Å². The van der Waals surface area contributed by atoms with Gasteiger partial charge in [-0.25, -0.2) is 8.78 Å². The van der Waals surface area contributed by atoms with E-state index in [4.69, 9.17) is 0 Å². The van der Waals surface area contributed by atoms with Crippen LogP contribution in [0.5, 0.6) is 0 Å². The van der Waals surface area contributed by atoms with Crippen LogP contribution in [0.25, 0.3) is 11.3 Å². The van der Waals surface area contributed by atoms with Crippen molar-refractivity contribution < 1.29 is 8.78 Å². The van der Waals surface area contributed by atoms with Crippen molar-refractivity contribution >= 4 is 11.9 Å². The molecule has 0 amide bonds. The van der Waals surface area contributed by atoms with Gasteiger partial charge in [0.1, 0.15) is 17.7 Å². The average molecular weight is 300 g/mol. The largest absolute Gasteiger partial charge is 0.338 e. The number of halogens is 2. The van der Waals surface area contributed by atoms with E-state index in [0.717, 1.165) is 22.6 Å². The molecule has 0 bridgehead atoms. The monoisotopic (exact) mass is 300 g/mol. The lowest BCUT2D eigenvalue weighted by Gasteiger charge is -2.21. The van der Waals surface area contributed by atoms with Crippen molar-refractivity contribution in [1.29, 1.82) is 0 Å². The normalized spacial score (nSPS) is 19.7. The SMILES string of the molecule is Fc1ccc(-c2nn3c(c2N2C=CN=CC2)C[C@H](F)C3)cc1. The molecule has 1 aromatic heterocycles. The highest BCUT2D eigenvalue weighted by atomic mass is 19.1. The molecule has 0 aliphatic carbocycles. The first-order valence-electron chi connectivity index (χ1n) is 7.17. The Morgan fingerprint density at radius 2 is 2.00 bits per heavy atom. The zero-order chi connectivity index (χ0) is 15.1. The van der Waals surface area contributed by atoms with Crippen molar-refractivity contribution in [2.75, 3.05) is 11.4 Å². The second-order valence-corrected chi connectivity index (χ2v) is 5.42.